The SMILES string of the molecule is CC1=NN(c2cc(Cl)c(S(=O)(=O)O)cc2Cl)C(=O)[C@H]1N=Nc1cc(Nc2nc(Cl)nc(Cl)n2)ccc1S(=O)(=O)O. The third-order valence-electron chi connectivity index (χ3n) is 4.96. The van der Waals surface area contributed by atoms with Crippen LogP contribution in [0.25, 0.3) is 0 Å². The molecule has 210 valence electrons. The molecule has 2 heterocycles. The number of carbonyl (C=O) groups is 1. The van der Waals surface area contributed by atoms with Gasteiger partial charge in [-0.1, -0.05) is 23.2 Å². The summed E-state index contributed by atoms with van der Waals surface area (Å²) < 4.78 is 65.7. The van der Waals surface area contributed by atoms with Crippen molar-refractivity contribution in [2.75, 3.05) is 10.3 Å². The number of benzene rings is 2. The second-order valence-corrected chi connectivity index (χ2v) is 12.0. The molecule has 0 saturated heterocycles. The Labute approximate surface area is 245 Å². The molecule has 4 rings (SSSR count). The number of amides is 1. The molecule has 3 aromatic rings. The van der Waals surface area contributed by atoms with E-state index in [1.165, 1.54) is 13.0 Å². The first-order valence-electron chi connectivity index (χ1n) is 10.3. The van der Waals surface area contributed by atoms with Crippen molar-refractivity contribution >= 4 is 101 Å². The van der Waals surface area contributed by atoms with Gasteiger partial charge in [-0.2, -0.15) is 52.1 Å². The van der Waals surface area contributed by atoms with Crippen LogP contribution < -0.4 is 10.3 Å². The van der Waals surface area contributed by atoms with E-state index in [0.717, 1.165) is 29.3 Å². The number of azo groups is 1. The first-order chi connectivity index (χ1) is 18.5. The van der Waals surface area contributed by atoms with Gasteiger partial charge in [-0.3, -0.25) is 13.9 Å². The number of carbonyl (C=O) groups excluding carboxylic acids is 1. The topological polar surface area (TPSA) is 217 Å². The Morgan fingerprint density at radius 1 is 0.900 bits per heavy atom. The number of nitrogens with zero attached hydrogens (tertiary/aromatic N) is 7. The molecular formula is C19H12Cl4N8O7S2. The Morgan fingerprint density at radius 2 is 1.52 bits per heavy atom. The van der Waals surface area contributed by atoms with E-state index in [-0.39, 0.29) is 44.3 Å². The maximum atomic E-state index is 13.1. The number of anilines is 3. The van der Waals surface area contributed by atoms with Crippen molar-refractivity contribution in [3.8, 4) is 0 Å². The van der Waals surface area contributed by atoms with Crippen LogP contribution in [0.5, 0.6) is 0 Å². The summed E-state index contributed by atoms with van der Waals surface area (Å²) in [6, 6.07) is 3.90. The monoisotopic (exact) mass is 668 g/mol. The van der Waals surface area contributed by atoms with Crippen molar-refractivity contribution in [3.63, 3.8) is 0 Å². The fourth-order valence-electron chi connectivity index (χ4n) is 3.26. The van der Waals surface area contributed by atoms with Gasteiger partial charge in [0.15, 0.2) is 6.04 Å². The van der Waals surface area contributed by atoms with Crippen molar-refractivity contribution in [2.24, 2.45) is 15.3 Å². The lowest BCUT2D eigenvalue weighted by Crippen LogP contribution is -2.30. The van der Waals surface area contributed by atoms with E-state index >= 15 is 0 Å². The molecule has 0 radical (unpaired) electrons. The van der Waals surface area contributed by atoms with Gasteiger partial charge in [0.25, 0.3) is 26.1 Å². The van der Waals surface area contributed by atoms with Gasteiger partial charge < -0.3 is 5.32 Å². The molecule has 1 atom stereocenters. The van der Waals surface area contributed by atoms with Gasteiger partial charge in [0.05, 0.1) is 21.4 Å². The van der Waals surface area contributed by atoms with E-state index in [0.29, 0.717) is 0 Å². The molecule has 1 aliphatic heterocycles. The van der Waals surface area contributed by atoms with Gasteiger partial charge in [-0.05, 0) is 60.5 Å². The summed E-state index contributed by atoms with van der Waals surface area (Å²) in [5.74, 6) is -0.899. The molecule has 21 heteroatoms. The smallest absolute Gasteiger partial charge is 0.296 e. The van der Waals surface area contributed by atoms with Crippen molar-refractivity contribution in [3.05, 3.63) is 50.9 Å². The Hall–Kier alpha value is -3.03. The molecule has 0 saturated carbocycles. The largest absolute Gasteiger partial charge is 0.324 e. The van der Waals surface area contributed by atoms with E-state index in [4.69, 9.17) is 46.4 Å². The third-order valence-corrected chi connectivity index (χ3v) is 7.82. The summed E-state index contributed by atoms with van der Waals surface area (Å²) >= 11 is 23.6. The number of nitrogens with one attached hydrogen (secondary N) is 1. The Kier molecular flexibility index (Phi) is 8.30. The highest BCUT2D eigenvalue weighted by Crippen LogP contribution is 2.37. The van der Waals surface area contributed by atoms with Crippen LogP contribution in [0.2, 0.25) is 20.6 Å². The van der Waals surface area contributed by atoms with Gasteiger partial charge in [0.2, 0.25) is 16.5 Å². The van der Waals surface area contributed by atoms with Gasteiger partial charge in [0, 0.05) is 5.69 Å². The minimum absolute atomic E-state index is 0.0901. The number of rotatable bonds is 7. The number of halogens is 4. The first kappa shape index (κ1) is 29.9. The quantitative estimate of drug-likeness (QED) is 0.233. The second-order valence-electron chi connectivity index (χ2n) is 7.70. The van der Waals surface area contributed by atoms with Crippen LogP contribution in [-0.2, 0) is 25.0 Å². The van der Waals surface area contributed by atoms with Gasteiger partial charge in [-0.15, -0.1) is 0 Å². The van der Waals surface area contributed by atoms with Gasteiger partial charge in [-0.25, -0.2) is 0 Å². The van der Waals surface area contributed by atoms with Gasteiger partial charge in [0.1, 0.15) is 15.5 Å². The zero-order valence-electron chi connectivity index (χ0n) is 19.4. The normalized spacial score (nSPS) is 16.1. The molecule has 40 heavy (non-hydrogen) atoms. The van der Waals surface area contributed by atoms with Crippen LogP contribution in [0.3, 0.4) is 0 Å². The molecule has 0 unspecified atom stereocenters. The van der Waals surface area contributed by atoms with Crippen LogP contribution in [0.15, 0.2) is 55.5 Å². The van der Waals surface area contributed by atoms with Crippen molar-refractivity contribution in [1.82, 2.24) is 15.0 Å². The average Bonchev–Trinajstić information content (AvgIpc) is 3.09. The second kappa shape index (κ2) is 11.1. The highest BCUT2D eigenvalue weighted by Gasteiger charge is 2.36. The molecule has 0 aliphatic carbocycles. The number of aromatic nitrogens is 3. The van der Waals surface area contributed by atoms with E-state index in [2.05, 4.69) is 35.6 Å². The average molecular weight is 670 g/mol. The molecule has 0 fully saturated rings. The summed E-state index contributed by atoms with van der Waals surface area (Å²) in [6.07, 6.45) is 0. The van der Waals surface area contributed by atoms with E-state index < -0.39 is 47.0 Å². The Balaban J connectivity index is 1.67. The van der Waals surface area contributed by atoms with Crippen molar-refractivity contribution < 1.29 is 30.7 Å². The van der Waals surface area contributed by atoms with Crippen LogP contribution >= 0.6 is 46.4 Å². The Morgan fingerprint density at radius 3 is 2.12 bits per heavy atom. The summed E-state index contributed by atoms with van der Waals surface area (Å²) in [5.41, 5.74) is -0.237. The molecule has 2 aromatic carbocycles. The molecule has 0 spiro atoms. The molecule has 1 aromatic heterocycles. The molecular weight excluding hydrogens is 658 g/mol. The number of hydrazone groups is 1. The summed E-state index contributed by atoms with van der Waals surface area (Å²) in [7, 11) is -9.48. The highest BCUT2D eigenvalue weighted by molar-refractivity contribution is 7.86. The van der Waals surface area contributed by atoms with E-state index in [1.807, 2.05) is 0 Å². The summed E-state index contributed by atoms with van der Waals surface area (Å²) in [4.78, 5) is 23.0. The fourth-order valence-corrected chi connectivity index (χ4v) is 5.56. The molecule has 1 amide bonds. The van der Waals surface area contributed by atoms with E-state index in [1.54, 1.807) is 0 Å². The highest BCUT2D eigenvalue weighted by atomic mass is 35.5. The minimum Gasteiger partial charge on any atom is -0.324 e. The third kappa shape index (κ3) is 6.47. The van der Waals surface area contributed by atoms with Crippen LogP contribution in [0.4, 0.5) is 23.0 Å². The summed E-state index contributed by atoms with van der Waals surface area (Å²) in [5, 5.41) is 14.1. The van der Waals surface area contributed by atoms with Crippen molar-refractivity contribution in [2.45, 2.75) is 22.8 Å². The molecule has 1 aliphatic rings. The minimum atomic E-state index is -4.78. The van der Waals surface area contributed by atoms with Gasteiger partial charge >= 0.3 is 0 Å². The van der Waals surface area contributed by atoms with Crippen LogP contribution in [-0.4, -0.2) is 58.6 Å². The standard InChI is InChI=1S/C19H12Cl4N8O7S2/c1-7-15(16(32)31(30-7)12-5-10(21)14(6-9(12)20)40(36,37)38)29-28-11-4-8(2-3-13(11)39(33,34)35)24-19-26-17(22)25-18(23)27-19/h2-6,15H,1H3,(H,33,34,35)(H,36,37,38)(H,24,25,26,27)/t15-/m0/s1. The summed E-state index contributed by atoms with van der Waals surface area (Å²) in [6.45, 7) is 1.42. The molecule has 15 nitrogen and oxygen atoms in total. The molecule has 3 N–H and O–H groups in total. The lowest BCUT2D eigenvalue weighted by Gasteiger charge is -2.15. The maximum Gasteiger partial charge on any atom is 0.296 e. The molecule has 0 bridgehead atoms. The lowest BCUT2D eigenvalue weighted by atomic mass is 10.2. The van der Waals surface area contributed by atoms with E-state index in [9.17, 15) is 30.7 Å². The number of hydrogen-bond donors (Lipinski definition) is 3. The van der Waals surface area contributed by atoms with Crippen LogP contribution in [0.1, 0.15) is 6.92 Å². The zero-order chi connectivity index (χ0) is 29.6. The maximum absolute atomic E-state index is 13.1. The fraction of sp³-hybridized carbons (Fsp3) is 0.105. The van der Waals surface area contributed by atoms with Crippen molar-refractivity contribution in [1.29, 1.82) is 0 Å². The lowest BCUT2D eigenvalue weighted by molar-refractivity contribution is -0.117. The first-order valence-corrected chi connectivity index (χ1v) is 14.7. The Bertz CT molecular complexity index is 1820. The predicted molar refractivity (Wildman–Crippen MR) is 145 cm³/mol. The number of hydrogen-bond acceptors (Lipinski definition) is 12. The predicted octanol–water partition coefficient (Wildman–Crippen LogP) is 4.60. The zero-order valence-corrected chi connectivity index (χ0v) is 24.0. The van der Waals surface area contributed by atoms with Crippen LogP contribution in [0, 0.1) is 0 Å².